The third-order valence-corrected chi connectivity index (χ3v) is 4.04. The number of piperidine rings is 1. The number of carbonyl (C=O) groups is 1. The van der Waals surface area contributed by atoms with Gasteiger partial charge >= 0.3 is 0 Å². The highest BCUT2D eigenvalue weighted by molar-refractivity contribution is 5.97. The Labute approximate surface area is 140 Å². The molecule has 0 spiro atoms. The van der Waals surface area contributed by atoms with Crippen LogP contribution in [0.3, 0.4) is 0 Å². The van der Waals surface area contributed by atoms with Crippen LogP contribution in [0.15, 0.2) is 24.3 Å². The number of ether oxygens (including phenoxy) is 1. The van der Waals surface area contributed by atoms with E-state index in [0.29, 0.717) is 0 Å². The average Bonchev–Trinajstić information content (AvgIpc) is 2.53. The van der Waals surface area contributed by atoms with Crippen LogP contribution in [0.2, 0.25) is 0 Å². The van der Waals surface area contributed by atoms with Crippen molar-refractivity contribution in [1.29, 1.82) is 0 Å². The largest absolute Gasteiger partial charge is 0.494 e. The van der Waals surface area contributed by atoms with E-state index in [1.807, 2.05) is 31.2 Å². The summed E-state index contributed by atoms with van der Waals surface area (Å²) >= 11 is 0. The van der Waals surface area contributed by atoms with Gasteiger partial charge in [-0.2, -0.15) is 0 Å². The van der Waals surface area contributed by atoms with Crippen LogP contribution < -0.4 is 4.74 Å². The van der Waals surface area contributed by atoms with Gasteiger partial charge in [-0.3, -0.25) is 4.79 Å². The summed E-state index contributed by atoms with van der Waals surface area (Å²) in [6, 6.07) is 7.58. The molecule has 1 aromatic carbocycles. The number of hydrogen-bond donors (Lipinski definition) is 0. The second-order valence-corrected chi connectivity index (χ2v) is 6.00. The zero-order valence-corrected chi connectivity index (χ0v) is 14.5. The zero-order valence-electron chi connectivity index (χ0n) is 13.7. The maximum Gasteiger partial charge on any atom is 0.166 e. The number of carbonyl (C=O) groups excluding carboxylic acids is 1. The minimum Gasteiger partial charge on any atom is -0.494 e. The second-order valence-electron chi connectivity index (χ2n) is 6.00. The first kappa shape index (κ1) is 19.0. The van der Waals surface area contributed by atoms with E-state index in [9.17, 15) is 4.79 Å². The number of halogens is 1. The van der Waals surface area contributed by atoms with Crippen LogP contribution in [0.25, 0.3) is 0 Å². The molecule has 4 heteroatoms. The minimum atomic E-state index is 0. The maximum absolute atomic E-state index is 12.5. The summed E-state index contributed by atoms with van der Waals surface area (Å²) in [6.45, 7) is 8.01. The summed E-state index contributed by atoms with van der Waals surface area (Å²) in [5, 5.41) is 0. The van der Waals surface area contributed by atoms with Crippen molar-refractivity contribution in [2.24, 2.45) is 5.92 Å². The highest BCUT2D eigenvalue weighted by Gasteiger charge is 2.19. The van der Waals surface area contributed by atoms with Crippen molar-refractivity contribution < 1.29 is 9.53 Å². The van der Waals surface area contributed by atoms with Crippen LogP contribution >= 0.6 is 12.4 Å². The van der Waals surface area contributed by atoms with Crippen LogP contribution in [0, 0.1) is 5.92 Å². The molecule has 1 aliphatic heterocycles. The molecule has 2 rings (SSSR count). The Morgan fingerprint density at radius 3 is 2.41 bits per heavy atom. The van der Waals surface area contributed by atoms with Crippen LogP contribution in [-0.2, 0) is 0 Å². The standard InChI is InChI=1S/C18H27NO2.ClH/c1-3-13-21-17-9-7-16(8-10-17)18(20)15(2)14-19-11-5-4-6-12-19;/h7-10,15H,3-6,11-14H2,1-2H3;1H. The highest BCUT2D eigenvalue weighted by Crippen LogP contribution is 2.17. The van der Waals surface area contributed by atoms with Gasteiger partial charge in [0.1, 0.15) is 5.75 Å². The van der Waals surface area contributed by atoms with Gasteiger partial charge in [0.25, 0.3) is 0 Å². The molecule has 1 unspecified atom stereocenters. The number of hydrogen-bond acceptors (Lipinski definition) is 3. The average molecular weight is 326 g/mol. The number of nitrogens with zero attached hydrogens (tertiary/aromatic N) is 1. The van der Waals surface area contributed by atoms with Gasteiger partial charge in [-0.05, 0) is 56.6 Å². The fourth-order valence-electron chi connectivity index (χ4n) is 2.83. The van der Waals surface area contributed by atoms with Crippen LogP contribution in [0.5, 0.6) is 5.75 Å². The van der Waals surface area contributed by atoms with E-state index in [-0.39, 0.29) is 24.1 Å². The molecular formula is C18H28ClNO2. The molecule has 0 aliphatic carbocycles. The van der Waals surface area contributed by atoms with Gasteiger partial charge < -0.3 is 9.64 Å². The van der Waals surface area contributed by atoms with Crippen molar-refractivity contribution in [2.75, 3.05) is 26.2 Å². The lowest BCUT2D eigenvalue weighted by atomic mass is 9.98. The Bertz CT molecular complexity index is 441. The molecule has 0 N–H and O–H groups in total. The molecule has 1 fully saturated rings. The van der Waals surface area contributed by atoms with Gasteiger partial charge in [0.15, 0.2) is 5.78 Å². The number of ketones is 1. The van der Waals surface area contributed by atoms with Gasteiger partial charge in [-0.15, -0.1) is 12.4 Å². The maximum atomic E-state index is 12.5. The monoisotopic (exact) mass is 325 g/mol. The molecule has 1 aliphatic rings. The molecule has 1 atom stereocenters. The van der Waals surface area contributed by atoms with E-state index < -0.39 is 0 Å². The summed E-state index contributed by atoms with van der Waals surface area (Å²) in [5.74, 6) is 1.14. The first-order valence-electron chi connectivity index (χ1n) is 8.20. The van der Waals surface area contributed by atoms with Crippen molar-refractivity contribution in [3.05, 3.63) is 29.8 Å². The minimum absolute atomic E-state index is 0. The number of likely N-dealkylation sites (tertiary alicyclic amines) is 1. The number of rotatable bonds is 7. The van der Waals surface area contributed by atoms with Gasteiger partial charge in [0.2, 0.25) is 0 Å². The fourth-order valence-corrected chi connectivity index (χ4v) is 2.83. The lowest BCUT2D eigenvalue weighted by Crippen LogP contribution is -2.35. The Morgan fingerprint density at radius 2 is 1.82 bits per heavy atom. The van der Waals surface area contributed by atoms with Crippen molar-refractivity contribution >= 4 is 18.2 Å². The second kappa shape index (κ2) is 9.86. The molecule has 1 aromatic rings. The third kappa shape index (κ3) is 5.62. The predicted octanol–water partition coefficient (Wildman–Crippen LogP) is 4.20. The molecule has 22 heavy (non-hydrogen) atoms. The summed E-state index contributed by atoms with van der Waals surface area (Å²) in [5.41, 5.74) is 0.795. The first-order valence-corrected chi connectivity index (χ1v) is 8.20. The van der Waals surface area contributed by atoms with E-state index >= 15 is 0 Å². The number of Topliss-reactive ketones (excluding diaryl/α,β-unsaturated/α-hetero) is 1. The Hall–Kier alpha value is -1.06. The van der Waals surface area contributed by atoms with Crippen LogP contribution in [0.1, 0.15) is 49.9 Å². The van der Waals surface area contributed by atoms with E-state index in [0.717, 1.165) is 44.0 Å². The number of benzene rings is 1. The molecule has 124 valence electrons. The smallest absolute Gasteiger partial charge is 0.166 e. The summed E-state index contributed by atoms with van der Waals surface area (Å²) < 4.78 is 5.55. The molecule has 0 aromatic heterocycles. The Kier molecular flexibility index (Phi) is 8.51. The van der Waals surface area contributed by atoms with Crippen molar-refractivity contribution in [1.82, 2.24) is 4.90 Å². The molecule has 0 amide bonds. The van der Waals surface area contributed by atoms with Gasteiger partial charge in [-0.25, -0.2) is 0 Å². The van der Waals surface area contributed by atoms with Gasteiger partial charge in [0, 0.05) is 18.0 Å². The molecule has 1 heterocycles. The summed E-state index contributed by atoms with van der Waals surface area (Å²) in [4.78, 5) is 14.9. The highest BCUT2D eigenvalue weighted by atomic mass is 35.5. The molecular weight excluding hydrogens is 298 g/mol. The predicted molar refractivity (Wildman–Crippen MR) is 93.3 cm³/mol. The van der Waals surface area contributed by atoms with Gasteiger partial charge in [-0.1, -0.05) is 20.3 Å². The van der Waals surface area contributed by atoms with E-state index in [1.165, 1.54) is 19.3 Å². The summed E-state index contributed by atoms with van der Waals surface area (Å²) in [7, 11) is 0. The van der Waals surface area contributed by atoms with Gasteiger partial charge in [0.05, 0.1) is 6.61 Å². The molecule has 0 saturated carbocycles. The van der Waals surface area contributed by atoms with Crippen molar-refractivity contribution in [3.63, 3.8) is 0 Å². The molecule has 1 saturated heterocycles. The molecule has 0 bridgehead atoms. The van der Waals surface area contributed by atoms with Crippen molar-refractivity contribution in [2.45, 2.75) is 39.5 Å². The lowest BCUT2D eigenvalue weighted by Gasteiger charge is -2.28. The topological polar surface area (TPSA) is 29.5 Å². The molecule has 3 nitrogen and oxygen atoms in total. The van der Waals surface area contributed by atoms with Crippen LogP contribution in [-0.4, -0.2) is 36.9 Å². The first-order chi connectivity index (χ1) is 10.2. The van der Waals surface area contributed by atoms with E-state index in [2.05, 4.69) is 11.8 Å². The zero-order chi connectivity index (χ0) is 15.1. The molecule has 0 radical (unpaired) electrons. The van der Waals surface area contributed by atoms with Crippen LogP contribution in [0.4, 0.5) is 0 Å². The van der Waals surface area contributed by atoms with E-state index in [4.69, 9.17) is 4.74 Å². The third-order valence-electron chi connectivity index (χ3n) is 4.04. The summed E-state index contributed by atoms with van der Waals surface area (Å²) in [6.07, 6.45) is 4.86. The SMILES string of the molecule is CCCOc1ccc(C(=O)C(C)CN2CCCCC2)cc1.Cl. The quantitative estimate of drug-likeness (QED) is 0.704. The van der Waals surface area contributed by atoms with Crippen molar-refractivity contribution in [3.8, 4) is 5.75 Å². The Balaban J connectivity index is 0.00000242. The Morgan fingerprint density at radius 1 is 1.18 bits per heavy atom. The lowest BCUT2D eigenvalue weighted by molar-refractivity contribution is 0.0883. The fraction of sp³-hybridized carbons (Fsp3) is 0.611. The van der Waals surface area contributed by atoms with E-state index in [1.54, 1.807) is 0 Å². The normalized spacial score (nSPS) is 16.6.